The van der Waals surface area contributed by atoms with Crippen LogP contribution in [0.25, 0.3) is 0 Å². The quantitative estimate of drug-likeness (QED) is 0.925. The van der Waals surface area contributed by atoms with Gasteiger partial charge in [-0.05, 0) is 25.1 Å². The number of carboxylic acids is 1. The average molecular weight is 317 g/mol. The summed E-state index contributed by atoms with van der Waals surface area (Å²) in [5, 5.41) is 8.98. The van der Waals surface area contributed by atoms with Crippen molar-refractivity contribution in [1.82, 2.24) is 4.90 Å². The van der Waals surface area contributed by atoms with E-state index in [4.69, 9.17) is 9.84 Å². The fourth-order valence-electron chi connectivity index (χ4n) is 2.40. The van der Waals surface area contributed by atoms with E-state index in [9.17, 15) is 9.59 Å². The van der Waals surface area contributed by atoms with Gasteiger partial charge < -0.3 is 14.7 Å². The van der Waals surface area contributed by atoms with E-state index in [1.54, 1.807) is 11.0 Å². The third kappa shape index (κ3) is 2.69. The molecule has 3 rings (SSSR count). The number of hydrogen-bond acceptors (Lipinski definition) is 4. The molecule has 0 bridgehead atoms. The number of carboxylic acid groups (broad SMARTS) is 1. The number of benzene rings is 1. The molecule has 6 heteroatoms. The Labute approximate surface area is 131 Å². The van der Waals surface area contributed by atoms with E-state index < -0.39 is 5.97 Å². The number of carbonyl (C=O) groups is 2. The van der Waals surface area contributed by atoms with Crippen LogP contribution in [0.2, 0.25) is 0 Å². The minimum Gasteiger partial charge on any atom is -0.491 e. The first-order valence-electron chi connectivity index (χ1n) is 6.91. The zero-order valence-corrected chi connectivity index (χ0v) is 12.8. The van der Waals surface area contributed by atoms with Crippen molar-refractivity contribution in [3.05, 3.63) is 51.7 Å². The van der Waals surface area contributed by atoms with Crippen LogP contribution in [0.15, 0.2) is 36.4 Å². The largest absolute Gasteiger partial charge is 0.491 e. The summed E-state index contributed by atoms with van der Waals surface area (Å²) in [7, 11) is 0. The molecule has 2 aromatic rings. The number of para-hydroxylation sites is 1. The molecule has 1 aliphatic heterocycles. The van der Waals surface area contributed by atoms with Gasteiger partial charge in [0.25, 0.3) is 5.91 Å². The van der Waals surface area contributed by atoms with Crippen LogP contribution >= 0.6 is 11.3 Å². The maximum Gasteiger partial charge on any atom is 0.345 e. The van der Waals surface area contributed by atoms with Gasteiger partial charge in [0.15, 0.2) is 0 Å². The van der Waals surface area contributed by atoms with Crippen molar-refractivity contribution in [3.63, 3.8) is 0 Å². The van der Waals surface area contributed by atoms with Crippen LogP contribution in [0.3, 0.4) is 0 Å². The summed E-state index contributed by atoms with van der Waals surface area (Å²) in [6, 6.07) is 10.6. The molecule has 0 spiro atoms. The van der Waals surface area contributed by atoms with Gasteiger partial charge in [0.05, 0.1) is 17.5 Å². The fourth-order valence-corrected chi connectivity index (χ4v) is 3.20. The van der Waals surface area contributed by atoms with Gasteiger partial charge in [-0.1, -0.05) is 18.2 Å². The molecule has 1 aromatic heterocycles. The molecule has 5 nitrogen and oxygen atoms in total. The van der Waals surface area contributed by atoms with Crippen LogP contribution in [0.1, 0.15) is 31.8 Å². The highest BCUT2D eigenvalue weighted by Gasteiger charge is 2.27. The molecule has 0 saturated heterocycles. The van der Waals surface area contributed by atoms with Crippen LogP contribution in [0.4, 0.5) is 0 Å². The van der Waals surface area contributed by atoms with Crippen molar-refractivity contribution in [1.29, 1.82) is 0 Å². The molecule has 22 heavy (non-hydrogen) atoms. The lowest BCUT2D eigenvalue weighted by atomic mass is 10.1. The maximum absolute atomic E-state index is 12.7. The topological polar surface area (TPSA) is 66.8 Å². The standard InChI is InChI=1S/C16H15NO4S/c1-10-9-21-12-5-3-2-4-11(12)8-17(10)15(18)13-6-7-14(22-13)16(19)20/h2-7,10H,8-9H2,1H3,(H,19,20)/t10-/m1/s1. The second kappa shape index (κ2) is 5.81. The molecule has 0 aliphatic carbocycles. The summed E-state index contributed by atoms with van der Waals surface area (Å²) in [4.78, 5) is 26.0. The van der Waals surface area contributed by atoms with Crippen molar-refractivity contribution in [2.45, 2.75) is 19.5 Å². The Hall–Kier alpha value is -2.34. The fraction of sp³-hybridized carbons (Fsp3) is 0.250. The van der Waals surface area contributed by atoms with Crippen molar-refractivity contribution >= 4 is 23.2 Å². The molecule has 1 aliphatic rings. The zero-order chi connectivity index (χ0) is 15.7. The third-order valence-corrected chi connectivity index (χ3v) is 4.68. The molecule has 1 aromatic carbocycles. The summed E-state index contributed by atoms with van der Waals surface area (Å²) in [6.07, 6.45) is 0. The number of nitrogens with zero attached hydrogens (tertiary/aromatic N) is 1. The van der Waals surface area contributed by atoms with Crippen LogP contribution in [0.5, 0.6) is 5.75 Å². The Bertz CT molecular complexity index is 724. The van der Waals surface area contributed by atoms with Crippen LogP contribution in [-0.2, 0) is 6.54 Å². The van der Waals surface area contributed by atoms with Gasteiger partial charge in [-0.3, -0.25) is 4.79 Å². The first-order valence-corrected chi connectivity index (χ1v) is 7.72. The Balaban J connectivity index is 1.88. The highest BCUT2D eigenvalue weighted by molar-refractivity contribution is 7.15. The first-order chi connectivity index (χ1) is 10.6. The number of fused-ring (bicyclic) bond motifs is 1. The van der Waals surface area contributed by atoms with Crippen molar-refractivity contribution < 1.29 is 19.4 Å². The monoisotopic (exact) mass is 317 g/mol. The van der Waals surface area contributed by atoms with Gasteiger partial charge in [-0.15, -0.1) is 11.3 Å². The van der Waals surface area contributed by atoms with Gasteiger partial charge in [0.1, 0.15) is 17.2 Å². The van der Waals surface area contributed by atoms with E-state index in [2.05, 4.69) is 0 Å². The summed E-state index contributed by atoms with van der Waals surface area (Å²) < 4.78 is 5.74. The number of aromatic carboxylic acids is 1. The van der Waals surface area contributed by atoms with Gasteiger partial charge in [0, 0.05) is 5.56 Å². The molecular formula is C16H15NO4S. The average Bonchev–Trinajstić information content (AvgIpc) is 2.94. The van der Waals surface area contributed by atoms with E-state index in [0.29, 0.717) is 18.0 Å². The first kappa shape index (κ1) is 14.6. The molecule has 0 radical (unpaired) electrons. The van der Waals surface area contributed by atoms with Crippen molar-refractivity contribution in [2.75, 3.05) is 6.61 Å². The molecule has 0 saturated carbocycles. The molecule has 1 atom stereocenters. The third-order valence-electron chi connectivity index (χ3n) is 3.61. The molecule has 1 amide bonds. The lowest BCUT2D eigenvalue weighted by Crippen LogP contribution is -2.39. The number of rotatable bonds is 2. The van der Waals surface area contributed by atoms with E-state index in [-0.39, 0.29) is 16.8 Å². The normalized spacial score (nSPS) is 17.3. The number of hydrogen-bond donors (Lipinski definition) is 1. The predicted octanol–water partition coefficient (Wildman–Crippen LogP) is 2.87. The summed E-state index contributed by atoms with van der Waals surface area (Å²) >= 11 is 1.00. The Morgan fingerprint density at radius 3 is 2.68 bits per heavy atom. The molecule has 0 fully saturated rings. The number of ether oxygens (including phenoxy) is 1. The van der Waals surface area contributed by atoms with Gasteiger partial charge in [-0.2, -0.15) is 0 Å². The van der Waals surface area contributed by atoms with E-state index in [1.807, 2.05) is 31.2 Å². The summed E-state index contributed by atoms with van der Waals surface area (Å²) in [5.41, 5.74) is 0.954. The lowest BCUT2D eigenvalue weighted by Gasteiger charge is -2.25. The van der Waals surface area contributed by atoms with Gasteiger partial charge in [-0.25, -0.2) is 4.79 Å². The smallest absolute Gasteiger partial charge is 0.345 e. The number of carbonyl (C=O) groups excluding carboxylic acids is 1. The van der Waals surface area contributed by atoms with Crippen molar-refractivity contribution in [3.8, 4) is 5.75 Å². The molecule has 0 unspecified atom stereocenters. The maximum atomic E-state index is 12.7. The SMILES string of the molecule is C[C@@H]1COc2ccccc2CN1C(=O)c1ccc(C(=O)O)s1. The van der Waals surface area contributed by atoms with Gasteiger partial charge in [0.2, 0.25) is 0 Å². The van der Waals surface area contributed by atoms with E-state index in [1.165, 1.54) is 6.07 Å². The second-order valence-electron chi connectivity index (χ2n) is 5.17. The molecule has 1 N–H and O–H groups in total. The highest BCUT2D eigenvalue weighted by atomic mass is 32.1. The summed E-state index contributed by atoms with van der Waals surface area (Å²) in [5.74, 6) is -0.381. The number of amides is 1. The molecule has 2 heterocycles. The minimum absolute atomic E-state index is 0.0877. The van der Waals surface area contributed by atoms with Crippen molar-refractivity contribution in [2.24, 2.45) is 0 Å². The van der Waals surface area contributed by atoms with E-state index in [0.717, 1.165) is 22.6 Å². The minimum atomic E-state index is -1.01. The van der Waals surface area contributed by atoms with Crippen LogP contribution in [-0.4, -0.2) is 34.5 Å². The molecule has 114 valence electrons. The van der Waals surface area contributed by atoms with Crippen LogP contribution < -0.4 is 4.74 Å². The second-order valence-corrected chi connectivity index (χ2v) is 6.25. The molecular weight excluding hydrogens is 302 g/mol. The van der Waals surface area contributed by atoms with Gasteiger partial charge >= 0.3 is 5.97 Å². The highest BCUT2D eigenvalue weighted by Crippen LogP contribution is 2.27. The Morgan fingerprint density at radius 2 is 1.95 bits per heavy atom. The number of thiophene rings is 1. The zero-order valence-electron chi connectivity index (χ0n) is 12.0. The summed E-state index contributed by atoms with van der Waals surface area (Å²) in [6.45, 7) is 2.80. The predicted molar refractivity (Wildman–Crippen MR) is 82.6 cm³/mol. The van der Waals surface area contributed by atoms with Crippen LogP contribution in [0, 0.1) is 0 Å². The lowest BCUT2D eigenvalue weighted by molar-refractivity contribution is 0.0649. The Morgan fingerprint density at radius 1 is 1.23 bits per heavy atom. The van der Waals surface area contributed by atoms with E-state index >= 15 is 0 Å². The Kier molecular flexibility index (Phi) is 3.85.